The number of hydrogen-bond donors (Lipinski definition) is 2. The van der Waals surface area contributed by atoms with Gasteiger partial charge in [0.05, 0.1) is 19.3 Å². The molecule has 0 heterocycles. The van der Waals surface area contributed by atoms with Crippen molar-refractivity contribution in [1.82, 2.24) is 5.32 Å². The summed E-state index contributed by atoms with van der Waals surface area (Å²) in [6.07, 6.45) is 0. The van der Waals surface area contributed by atoms with E-state index in [9.17, 15) is 9.59 Å². The van der Waals surface area contributed by atoms with Crippen molar-refractivity contribution in [1.29, 1.82) is 0 Å². The highest BCUT2D eigenvalue weighted by Gasteiger charge is 2.12. The summed E-state index contributed by atoms with van der Waals surface area (Å²) in [5, 5.41) is 5.39. The van der Waals surface area contributed by atoms with Gasteiger partial charge in [-0.3, -0.25) is 9.59 Å². The SMILES string of the molecule is COc1ccc(C(C)C)cc1NC(=O)CNC(=O)c1ccccc1. The molecule has 0 fully saturated rings. The number of hydrogen-bond acceptors (Lipinski definition) is 3. The zero-order chi connectivity index (χ0) is 17.5. The number of carbonyl (C=O) groups excluding carboxylic acids is 2. The Hall–Kier alpha value is -2.82. The van der Waals surface area contributed by atoms with Gasteiger partial charge in [-0.2, -0.15) is 0 Å². The smallest absolute Gasteiger partial charge is 0.251 e. The minimum Gasteiger partial charge on any atom is -0.495 e. The number of carbonyl (C=O) groups is 2. The molecular weight excluding hydrogens is 304 g/mol. The van der Waals surface area contributed by atoms with E-state index in [1.54, 1.807) is 31.4 Å². The van der Waals surface area contributed by atoms with Gasteiger partial charge in [-0.15, -0.1) is 0 Å². The Morgan fingerprint density at radius 2 is 1.79 bits per heavy atom. The van der Waals surface area contributed by atoms with Crippen LogP contribution in [0.1, 0.15) is 35.7 Å². The maximum absolute atomic E-state index is 12.1. The van der Waals surface area contributed by atoms with Crippen molar-refractivity contribution in [3.05, 3.63) is 59.7 Å². The Bertz CT molecular complexity index is 712. The van der Waals surface area contributed by atoms with Crippen LogP contribution >= 0.6 is 0 Å². The normalized spacial score (nSPS) is 10.3. The molecule has 0 aliphatic carbocycles. The molecule has 2 aromatic carbocycles. The molecule has 2 aromatic rings. The maximum Gasteiger partial charge on any atom is 0.251 e. The fraction of sp³-hybridized carbons (Fsp3) is 0.263. The van der Waals surface area contributed by atoms with Crippen molar-refractivity contribution in [3.63, 3.8) is 0 Å². The minimum atomic E-state index is -0.307. The quantitative estimate of drug-likeness (QED) is 0.857. The zero-order valence-corrected chi connectivity index (χ0v) is 14.1. The van der Waals surface area contributed by atoms with Gasteiger partial charge in [-0.05, 0) is 35.7 Å². The summed E-state index contributed by atoms with van der Waals surface area (Å²) in [7, 11) is 1.55. The van der Waals surface area contributed by atoms with E-state index in [1.807, 2.05) is 24.3 Å². The largest absolute Gasteiger partial charge is 0.495 e. The van der Waals surface area contributed by atoms with Gasteiger partial charge in [0, 0.05) is 5.56 Å². The van der Waals surface area contributed by atoms with Gasteiger partial charge in [0.2, 0.25) is 5.91 Å². The Morgan fingerprint density at radius 1 is 1.08 bits per heavy atom. The van der Waals surface area contributed by atoms with E-state index in [0.29, 0.717) is 22.9 Å². The number of amides is 2. The third-order valence-corrected chi connectivity index (χ3v) is 3.61. The summed E-state index contributed by atoms with van der Waals surface area (Å²) >= 11 is 0. The Kier molecular flexibility index (Phi) is 5.95. The van der Waals surface area contributed by atoms with Gasteiger partial charge in [-0.25, -0.2) is 0 Å². The number of benzene rings is 2. The van der Waals surface area contributed by atoms with Crippen LogP contribution in [0.15, 0.2) is 48.5 Å². The van der Waals surface area contributed by atoms with Gasteiger partial charge in [0.1, 0.15) is 5.75 Å². The van der Waals surface area contributed by atoms with Crippen molar-refractivity contribution < 1.29 is 14.3 Å². The fourth-order valence-electron chi connectivity index (χ4n) is 2.23. The van der Waals surface area contributed by atoms with Crippen LogP contribution in [0.3, 0.4) is 0 Å². The average molecular weight is 326 g/mol. The maximum atomic E-state index is 12.1. The van der Waals surface area contributed by atoms with Crippen LogP contribution < -0.4 is 15.4 Å². The van der Waals surface area contributed by atoms with Gasteiger partial charge in [-0.1, -0.05) is 38.1 Å². The van der Waals surface area contributed by atoms with E-state index in [2.05, 4.69) is 24.5 Å². The van der Waals surface area contributed by atoms with Gasteiger partial charge >= 0.3 is 0 Å². The molecule has 0 bridgehead atoms. The lowest BCUT2D eigenvalue weighted by Crippen LogP contribution is -2.32. The number of ether oxygens (including phenoxy) is 1. The lowest BCUT2D eigenvalue weighted by atomic mass is 10.0. The molecule has 0 saturated heterocycles. The lowest BCUT2D eigenvalue weighted by Gasteiger charge is -2.14. The van der Waals surface area contributed by atoms with Crippen LogP contribution in [-0.4, -0.2) is 25.5 Å². The van der Waals surface area contributed by atoms with E-state index in [-0.39, 0.29) is 18.4 Å². The third kappa shape index (κ3) is 4.59. The molecule has 126 valence electrons. The fourth-order valence-corrected chi connectivity index (χ4v) is 2.23. The molecule has 0 radical (unpaired) electrons. The Morgan fingerprint density at radius 3 is 2.42 bits per heavy atom. The summed E-state index contributed by atoms with van der Waals surface area (Å²) < 4.78 is 5.27. The van der Waals surface area contributed by atoms with Crippen molar-refractivity contribution >= 4 is 17.5 Å². The van der Waals surface area contributed by atoms with Crippen LogP contribution in [0.5, 0.6) is 5.75 Å². The minimum absolute atomic E-state index is 0.108. The van der Waals surface area contributed by atoms with E-state index in [0.717, 1.165) is 5.56 Å². The molecule has 0 aliphatic rings. The first-order chi connectivity index (χ1) is 11.5. The summed E-state index contributed by atoms with van der Waals surface area (Å²) in [5.41, 5.74) is 2.21. The first-order valence-corrected chi connectivity index (χ1v) is 7.82. The van der Waals surface area contributed by atoms with Crippen molar-refractivity contribution in [3.8, 4) is 5.75 Å². The van der Waals surface area contributed by atoms with Crippen molar-refractivity contribution in [2.75, 3.05) is 19.0 Å². The number of methoxy groups -OCH3 is 1. The average Bonchev–Trinajstić information content (AvgIpc) is 2.60. The summed E-state index contributed by atoms with van der Waals surface area (Å²) in [5.74, 6) is 0.332. The summed E-state index contributed by atoms with van der Waals surface area (Å²) in [6.45, 7) is 4.05. The van der Waals surface area contributed by atoms with Crippen LogP contribution in [0.2, 0.25) is 0 Å². The first kappa shape index (κ1) is 17.5. The van der Waals surface area contributed by atoms with E-state index in [1.165, 1.54) is 0 Å². The molecule has 2 amide bonds. The molecule has 2 rings (SSSR count). The molecule has 5 nitrogen and oxygen atoms in total. The second-order valence-electron chi connectivity index (χ2n) is 5.71. The van der Waals surface area contributed by atoms with Crippen LogP contribution in [0.4, 0.5) is 5.69 Å². The highest BCUT2D eigenvalue weighted by Crippen LogP contribution is 2.28. The molecule has 0 atom stereocenters. The van der Waals surface area contributed by atoms with Crippen molar-refractivity contribution in [2.45, 2.75) is 19.8 Å². The van der Waals surface area contributed by atoms with Gasteiger partial charge in [0.15, 0.2) is 0 Å². The van der Waals surface area contributed by atoms with E-state index in [4.69, 9.17) is 4.74 Å². The molecule has 0 unspecified atom stereocenters. The Balaban J connectivity index is 1.99. The standard InChI is InChI=1S/C19H22N2O3/c1-13(2)15-9-10-17(24-3)16(11-15)21-18(22)12-20-19(23)14-7-5-4-6-8-14/h4-11,13H,12H2,1-3H3,(H,20,23)(H,21,22). The molecule has 0 aromatic heterocycles. The van der Waals surface area contributed by atoms with E-state index < -0.39 is 0 Å². The number of nitrogens with one attached hydrogen (secondary N) is 2. The van der Waals surface area contributed by atoms with Crippen LogP contribution in [0.25, 0.3) is 0 Å². The number of anilines is 1. The lowest BCUT2D eigenvalue weighted by molar-refractivity contribution is -0.115. The highest BCUT2D eigenvalue weighted by atomic mass is 16.5. The van der Waals surface area contributed by atoms with E-state index >= 15 is 0 Å². The van der Waals surface area contributed by atoms with Crippen LogP contribution in [0, 0.1) is 0 Å². The monoisotopic (exact) mass is 326 g/mol. The summed E-state index contributed by atoms with van der Waals surface area (Å²) in [4.78, 5) is 24.1. The molecule has 5 heteroatoms. The third-order valence-electron chi connectivity index (χ3n) is 3.61. The predicted molar refractivity (Wildman–Crippen MR) is 94.5 cm³/mol. The molecule has 24 heavy (non-hydrogen) atoms. The second kappa shape index (κ2) is 8.15. The zero-order valence-electron chi connectivity index (χ0n) is 14.1. The highest BCUT2D eigenvalue weighted by molar-refractivity contribution is 5.99. The molecule has 2 N–H and O–H groups in total. The molecule has 0 spiro atoms. The predicted octanol–water partition coefficient (Wildman–Crippen LogP) is 3.19. The van der Waals surface area contributed by atoms with Crippen molar-refractivity contribution in [2.24, 2.45) is 0 Å². The topological polar surface area (TPSA) is 67.4 Å². The molecular formula is C19H22N2O3. The second-order valence-corrected chi connectivity index (χ2v) is 5.71. The van der Waals surface area contributed by atoms with Gasteiger partial charge in [0.25, 0.3) is 5.91 Å². The first-order valence-electron chi connectivity index (χ1n) is 7.82. The van der Waals surface area contributed by atoms with Crippen LogP contribution in [-0.2, 0) is 4.79 Å². The number of rotatable bonds is 6. The Labute approximate surface area is 142 Å². The molecule has 0 saturated carbocycles. The molecule has 0 aliphatic heterocycles. The van der Waals surface area contributed by atoms with Gasteiger partial charge < -0.3 is 15.4 Å². The summed E-state index contributed by atoms with van der Waals surface area (Å²) in [6, 6.07) is 14.5.